The lowest BCUT2D eigenvalue weighted by atomic mass is 10.1. The Morgan fingerprint density at radius 1 is 0.500 bits per heavy atom. The molecule has 0 saturated carbocycles. The van der Waals surface area contributed by atoms with Crippen LogP contribution >= 0.6 is 0 Å². The molecule has 0 nitrogen and oxygen atoms in total. The highest BCUT2D eigenvalue weighted by Crippen LogP contribution is 2.10. The molecule has 0 aliphatic carbocycles. The highest BCUT2D eigenvalue weighted by atomic mass is 14.0. The third-order valence-corrected chi connectivity index (χ3v) is 3.28. The van der Waals surface area contributed by atoms with E-state index in [0.29, 0.717) is 0 Å². The Morgan fingerprint density at radius 2 is 1.05 bits per heavy atom. The minimum Gasteiger partial charge on any atom is -0.0622 e. The van der Waals surface area contributed by atoms with Gasteiger partial charge in [0.2, 0.25) is 0 Å². The molecule has 0 aliphatic heterocycles. The zero-order chi connectivity index (χ0) is 15.0. The van der Waals surface area contributed by atoms with Crippen LogP contribution in [-0.4, -0.2) is 0 Å². The van der Waals surface area contributed by atoms with E-state index in [2.05, 4.69) is 48.3 Å². The van der Waals surface area contributed by atoms with E-state index in [0.717, 1.165) is 16.7 Å². The number of hydrogen-bond acceptors (Lipinski definition) is 0. The van der Waals surface area contributed by atoms with E-state index in [-0.39, 0.29) is 0 Å². The average Bonchev–Trinajstić information content (AvgIpc) is 2.60. The largest absolute Gasteiger partial charge is 0.0622 e. The Kier molecular flexibility index (Phi) is 4.50. The van der Waals surface area contributed by atoms with E-state index in [9.17, 15) is 0 Å². The van der Waals surface area contributed by atoms with E-state index in [1.54, 1.807) is 0 Å². The molecule has 3 rings (SSSR count). The average molecular weight is 280 g/mol. The Labute approximate surface area is 131 Å². The molecule has 0 amide bonds. The summed E-state index contributed by atoms with van der Waals surface area (Å²) < 4.78 is 0. The Balaban J connectivity index is 1.79. The first-order chi connectivity index (χ1) is 10.9. The second kappa shape index (κ2) is 7.11. The maximum Gasteiger partial charge on any atom is 0.0254 e. The molecule has 0 heterocycles. The number of benzene rings is 3. The van der Waals surface area contributed by atoms with Crippen LogP contribution < -0.4 is 0 Å². The maximum atomic E-state index is 3.22. The van der Waals surface area contributed by atoms with Gasteiger partial charge in [0, 0.05) is 11.1 Å². The van der Waals surface area contributed by atoms with Gasteiger partial charge in [0.1, 0.15) is 0 Å². The summed E-state index contributed by atoms with van der Waals surface area (Å²) in [7, 11) is 0. The fourth-order valence-corrected chi connectivity index (χ4v) is 2.14. The van der Waals surface area contributed by atoms with Gasteiger partial charge in [-0.3, -0.25) is 0 Å². The Morgan fingerprint density at radius 3 is 1.82 bits per heavy atom. The molecule has 0 aliphatic rings. The van der Waals surface area contributed by atoms with Gasteiger partial charge in [-0.1, -0.05) is 84.7 Å². The quantitative estimate of drug-likeness (QED) is 0.444. The van der Waals surface area contributed by atoms with Crippen molar-refractivity contribution in [1.82, 2.24) is 0 Å². The van der Waals surface area contributed by atoms with Crippen LogP contribution in [0.15, 0.2) is 84.9 Å². The summed E-state index contributed by atoms with van der Waals surface area (Å²) in [5, 5.41) is 0. The van der Waals surface area contributed by atoms with Gasteiger partial charge < -0.3 is 0 Å². The van der Waals surface area contributed by atoms with Gasteiger partial charge in [0.25, 0.3) is 0 Å². The van der Waals surface area contributed by atoms with Gasteiger partial charge >= 0.3 is 0 Å². The van der Waals surface area contributed by atoms with Gasteiger partial charge in [-0.2, -0.15) is 0 Å². The van der Waals surface area contributed by atoms with Gasteiger partial charge in [0.05, 0.1) is 0 Å². The van der Waals surface area contributed by atoms with Crippen LogP contribution in [0, 0.1) is 11.8 Å². The van der Waals surface area contributed by atoms with Crippen LogP contribution in [0.25, 0.3) is 12.2 Å². The second-order valence-electron chi connectivity index (χ2n) is 4.99. The van der Waals surface area contributed by atoms with E-state index in [1.807, 2.05) is 60.7 Å². The van der Waals surface area contributed by atoms with Crippen molar-refractivity contribution in [2.75, 3.05) is 0 Å². The van der Waals surface area contributed by atoms with E-state index < -0.39 is 0 Å². The lowest BCUT2D eigenvalue weighted by Gasteiger charge is -1.96. The van der Waals surface area contributed by atoms with Crippen molar-refractivity contribution >= 4 is 12.2 Å². The molecule has 3 aromatic carbocycles. The van der Waals surface area contributed by atoms with Crippen molar-refractivity contribution in [2.24, 2.45) is 0 Å². The molecule has 0 atom stereocenters. The first-order valence-corrected chi connectivity index (χ1v) is 7.30. The molecular formula is C22H16. The van der Waals surface area contributed by atoms with Crippen LogP contribution in [0.3, 0.4) is 0 Å². The van der Waals surface area contributed by atoms with Gasteiger partial charge in [-0.15, -0.1) is 0 Å². The molecule has 0 bridgehead atoms. The lowest BCUT2D eigenvalue weighted by molar-refractivity contribution is 1.60. The van der Waals surface area contributed by atoms with Crippen molar-refractivity contribution in [3.05, 3.63) is 107 Å². The first-order valence-electron chi connectivity index (χ1n) is 7.30. The van der Waals surface area contributed by atoms with E-state index >= 15 is 0 Å². The molecule has 0 spiro atoms. The van der Waals surface area contributed by atoms with Crippen LogP contribution in [0.4, 0.5) is 0 Å². The monoisotopic (exact) mass is 280 g/mol. The van der Waals surface area contributed by atoms with Crippen molar-refractivity contribution in [3.63, 3.8) is 0 Å². The van der Waals surface area contributed by atoms with Gasteiger partial charge in [0.15, 0.2) is 0 Å². The molecular weight excluding hydrogens is 264 g/mol. The molecule has 0 saturated heterocycles. The SMILES string of the molecule is C(#Cc1cccc(/C=C/c2ccccc2)c1)c1ccccc1. The predicted octanol–water partition coefficient (Wildman–Crippen LogP) is 5.26. The van der Waals surface area contributed by atoms with Crippen LogP contribution in [0.2, 0.25) is 0 Å². The highest BCUT2D eigenvalue weighted by molar-refractivity contribution is 5.70. The van der Waals surface area contributed by atoms with Crippen molar-refractivity contribution < 1.29 is 0 Å². The Bertz CT molecular complexity index is 816. The molecule has 3 aromatic rings. The maximum absolute atomic E-state index is 3.22. The van der Waals surface area contributed by atoms with Gasteiger partial charge in [-0.05, 0) is 35.4 Å². The topological polar surface area (TPSA) is 0 Å². The zero-order valence-electron chi connectivity index (χ0n) is 12.2. The van der Waals surface area contributed by atoms with Crippen molar-refractivity contribution in [2.45, 2.75) is 0 Å². The summed E-state index contributed by atoms with van der Waals surface area (Å²) in [5.74, 6) is 6.40. The molecule has 0 fully saturated rings. The van der Waals surface area contributed by atoms with Crippen LogP contribution in [0.1, 0.15) is 22.3 Å². The van der Waals surface area contributed by atoms with E-state index in [4.69, 9.17) is 0 Å². The molecule has 0 unspecified atom stereocenters. The van der Waals surface area contributed by atoms with Gasteiger partial charge in [-0.25, -0.2) is 0 Å². The summed E-state index contributed by atoms with van der Waals surface area (Å²) in [6.07, 6.45) is 4.23. The minimum absolute atomic E-state index is 1.03. The fourth-order valence-electron chi connectivity index (χ4n) is 2.14. The summed E-state index contributed by atoms with van der Waals surface area (Å²) >= 11 is 0. The van der Waals surface area contributed by atoms with E-state index in [1.165, 1.54) is 5.56 Å². The predicted molar refractivity (Wildman–Crippen MR) is 94.2 cm³/mol. The molecule has 104 valence electrons. The fraction of sp³-hybridized carbons (Fsp3) is 0. The standard InChI is InChI=1S/C22H16/c1-3-8-19(9-4-1)14-16-21-12-7-13-22(18-21)17-15-20-10-5-2-6-11-20/h1-14,16,18H/b16-14+. The molecule has 0 heteroatoms. The summed E-state index contributed by atoms with van der Waals surface area (Å²) in [5.41, 5.74) is 4.42. The van der Waals surface area contributed by atoms with Crippen LogP contribution in [0.5, 0.6) is 0 Å². The molecule has 0 aromatic heterocycles. The molecule has 22 heavy (non-hydrogen) atoms. The summed E-state index contributed by atoms with van der Waals surface area (Å²) in [6, 6.07) is 28.6. The van der Waals surface area contributed by atoms with Crippen molar-refractivity contribution in [3.8, 4) is 11.8 Å². The smallest absolute Gasteiger partial charge is 0.0254 e. The van der Waals surface area contributed by atoms with Crippen LogP contribution in [-0.2, 0) is 0 Å². The zero-order valence-corrected chi connectivity index (χ0v) is 12.2. The first kappa shape index (κ1) is 13.9. The lowest BCUT2D eigenvalue weighted by Crippen LogP contribution is -1.78. The Hall–Kier alpha value is -3.04. The molecule has 0 radical (unpaired) electrons. The molecule has 0 N–H and O–H groups in total. The van der Waals surface area contributed by atoms with Crippen molar-refractivity contribution in [1.29, 1.82) is 0 Å². The number of hydrogen-bond donors (Lipinski definition) is 0. The minimum atomic E-state index is 1.03. The normalized spacial score (nSPS) is 10.2. The second-order valence-corrected chi connectivity index (χ2v) is 4.99. The third-order valence-electron chi connectivity index (χ3n) is 3.28. The number of rotatable bonds is 2. The highest BCUT2D eigenvalue weighted by Gasteiger charge is 1.91. The third kappa shape index (κ3) is 3.98. The summed E-state index contributed by atoms with van der Waals surface area (Å²) in [4.78, 5) is 0. The summed E-state index contributed by atoms with van der Waals surface area (Å²) in [6.45, 7) is 0.